The third-order valence-corrected chi connectivity index (χ3v) is 7.03. The second-order valence-corrected chi connectivity index (χ2v) is 9.39. The first-order valence-electron chi connectivity index (χ1n) is 11.9. The number of fused-ring (bicyclic) bond motifs is 1. The van der Waals surface area contributed by atoms with E-state index < -0.39 is 0 Å². The van der Waals surface area contributed by atoms with Crippen molar-refractivity contribution >= 4 is 17.7 Å². The molecule has 0 radical (unpaired) electrons. The fourth-order valence-electron chi connectivity index (χ4n) is 4.33. The molecule has 6 nitrogen and oxygen atoms in total. The van der Waals surface area contributed by atoms with E-state index in [0.717, 1.165) is 35.8 Å². The molecule has 1 aliphatic rings. The number of ether oxygens (including phenoxy) is 1. The Morgan fingerprint density at radius 2 is 1.69 bits per heavy atom. The molecule has 178 valence electrons. The molecular formula is C28H28N4O2S. The van der Waals surface area contributed by atoms with Gasteiger partial charge in [0.1, 0.15) is 11.6 Å². The molecular weight excluding hydrogens is 456 g/mol. The van der Waals surface area contributed by atoms with Crippen molar-refractivity contribution in [3.63, 3.8) is 0 Å². The lowest BCUT2D eigenvalue weighted by molar-refractivity contribution is -0.129. The molecule has 1 aliphatic heterocycles. The Kier molecular flexibility index (Phi) is 7.14. The van der Waals surface area contributed by atoms with Crippen LogP contribution in [0.3, 0.4) is 0 Å². The van der Waals surface area contributed by atoms with Crippen LogP contribution in [0.25, 0.3) is 5.69 Å². The SMILES string of the molecule is CCOc1ccc(-n2c(Cc3ccccc3)nnc2SCC(=O)N2CCc3ccccc3C2)cc1. The van der Waals surface area contributed by atoms with Gasteiger partial charge in [-0.1, -0.05) is 66.4 Å². The number of hydrogen-bond acceptors (Lipinski definition) is 5. The maximum Gasteiger partial charge on any atom is 0.233 e. The minimum atomic E-state index is 0.121. The third kappa shape index (κ3) is 5.41. The molecule has 0 spiro atoms. The summed E-state index contributed by atoms with van der Waals surface area (Å²) in [5.74, 6) is 2.10. The van der Waals surface area contributed by atoms with Gasteiger partial charge in [0, 0.05) is 25.2 Å². The number of carbonyl (C=O) groups excluding carboxylic acids is 1. The summed E-state index contributed by atoms with van der Waals surface area (Å²) in [6.07, 6.45) is 1.55. The van der Waals surface area contributed by atoms with Crippen LogP contribution < -0.4 is 4.74 Å². The molecule has 7 heteroatoms. The summed E-state index contributed by atoms with van der Waals surface area (Å²) in [5, 5.41) is 9.69. The highest BCUT2D eigenvalue weighted by atomic mass is 32.2. The van der Waals surface area contributed by atoms with Gasteiger partial charge in [0.2, 0.25) is 5.91 Å². The lowest BCUT2D eigenvalue weighted by Gasteiger charge is -2.28. The number of aromatic nitrogens is 3. The number of carbonyl (C=O) groups is 1. The van der Waals surface area contributed by atoms with Gasteiger partial charge in [-0.05, 0) is 54.3 Å². The monoisotopic (exact) mass is 484 g/mol. The molecule has 0 saturated carbocycles. The van der Waals surface area contributed by atoms with Crippen LogP contribution in [0.4, 0.5) is 0 Å². The zero-order valence-corrected chi connectivity index (χ0v) is 20.6. The van der Waals surface area contributed by atoms with E-state index in [1.807, 2.05) is 64.9 Å². The first-order valence-corrected chi connectivity index (χ1v) is 12.9. The predicted molar refractivity (Wildman–Crippen MR) is 138 cm³/mol. The molecule has 0 N–H and O–H groups in total. The molecule has 0 aliphatic carbocycles. The number of thioether (sulfide) groups is 1. The molecule has 0 unspecified atom stereocenters. The van der Waals surface area contributed by atoms with Gasteiger partial charge in [-0.2, -0.15) is 0 Å². The van der Waals surface area contributed by atoms with E-state index in [9.17, 15) is 4.79 Å². The number of amides is 1. The van der Waals surface area contributed by atoms with Crippen molar-refractivity contribution in [3.05, 3.63) is 101 Å². The van der Waals surface area contributed by atoms with Crippen LogP contribution >= 0.6 is 11.8 Å². The van der Waals surface area contributed by atoms with Crippen LogP contribution in [0.15, 0.2) is 84.0 Å². The predicted octanol–water partition coefficient (Wildman–Crippen LogP) is 4.93. The molecule has 35 heavy (non-hydrogen) atoms. The summed E-state index contributed by atoms with van der Waals surface area (Å²) in [5.41, 5.74) is 4.68. The zero-order valence-electron chi connectivity index (χ0n) is 19.8. The van der Waals surface area contributed by atoms with Gasteiger partial charge in [-0.3, -0.25) is 9.36 Å². The average Bonchev–Trinajstić information content (AvgIpc) is 3.30. The maximum atomic E-state index is 13.1. The highest BCUT2D eigenvalue weighted by Crippen LogP contribution is 2.26. The van der Waals surface area contributed by atoms with Gasteiger partial charge in [0.05, 0.1) is 12.4 Å². The Bertz CT molecular complexity index is 1290. The lowest BCUT2D eigenvalue weighted by Crippen LogP contribution is -2.37. The van der Waals surface area contributed by atoms with E-state index in [-0.39, 0.29) is 5.91 Å². The first-order chi connectivity index (χ1) is 17.2. The van der Waals surface area contributed by atoms with Crippen LogP contribution in [0.5, 0.6) is 5.75 Å². The van der Waals surface area contributed by atoms with Crippen LogP contribution in [0.1, 0.15) is 29.4 Å². The van der Waals surface area contributed by atoms with Gasteiger partial charge < -0.3 is 9.64 Å². The normalized spacial score (nSPS) is 12.9. The number of hydrogen-bond donors (Lipinski definition) is 0. The summed E-state index contributed by atoms with van der Waals surface area (Å²) in [4.78, 5) is 15.0. The molecule has 5 rings (SSSR count). The van der Waals surface area contributed by atoms with Gasteiger partial charge in [0.15, 0.2) is 5.16 Å². The van der Waals surface area contributed by atoms with E-state index in [0.29, 0.717) is 30.5 Å². The van der Waals surface area contributed by atoms with Crippen molar-refractivity contribution in [3.8, 4) is 11.4 Å². The molecule has 4 aromatic rings. The summed E-state index contributed by atoms with van der Waals surface area (Å²) < 4.78 is 7.66. The molecule has 0 fully saturated rings. The molecule has 0 atom stereocenters. The van der Waals surface area contributed by atoms with Crippen molar-refractivity contribution in [2.45, 2.75) is 31.5 Å². The summed E-state index contributed by atoms with van der Waals surface area (Å²) in [6, 6.07) is 26.5. The quantitative estimate of drug-likeness (QED) is 0.332. The van der Waals surface area contributed by atoms with E-state index in [2.05, 4.69) is 40.5 Å². The highest BCUT2D eigenvalue weighted by molar-refractivity contribution is 7.99. The Labute approximate surface area is 210 Å². The van der Waals surface area contributed by atoms with E-state index in [4.69, 9.17) is 4.74 Å². The lowest BCUT2D eigenvalue weighted by atomic mass is 10.00. The zero-order chi connectivity index (χ0) is 24.0. The van der Waals surface area contributed by atoms with Crippen molar-refractivity contribution < 1.29 is 9.53 Å². The second-order valence-electron chi connectivity index (χ2n) is 8.45. The molecule has 0 saturated heterocycles. The molecule has 3 aromatic carbocycles. The Balaban J connectivity index is 1.35. The second kappa shape index (κ2) is 10.8. The minimum Gasteiger partial charge on any atom is -0.494 e. The fraction of sp³-hybridized carbons (Fsp3) is 0.250. The topological polar surface area (TPSA) is 60.2 Å². The minimum absolute atomic E-state index is 0.121. The largest absolute Gasteiger partial charge is 0.494 e. The number of benzene rings is 3. The van der Waals surface area contributed by atoms with Crippen molar-refractivity contribution in [2.75, 3.05) is 18.9 Å². The Hall–Kier alpha value is -3.58. The van der Waals surface area contributed by atoms with Gasteiger partial charge in [-0.25, -0.2) is 0 Å². The number of nitrogens with zero attached hydrogens (tertiary/aromatic N) is 4. The summed E-state index contributed by atoms with van der Waals surface area (Å²) >= 11 is 1.44. The van der Waals surface area contributed by atoms with Crippen molar-refractivity contribution in [1.82, 2.24) is 19.7 Å². The van der Waals surface area contributed by atoms with Crippen LogP contribution in [0.2, 0.25) is 0 Å². The standard InChI is InChI=1S/C28H28N4O2S/c1-2-34-25-14-12-24(13-15-25)32-26(18-21-8-4-3-5-9-21)29-30-28(32)35-20-27(33)31-17-16-22-10-6-7-11-23(22)19-31/h3-15H,2,16-20H2,1H3. The Morgan fingerprint density at radius 1 is 0.943 bits per heavy atom. The van der Waals surface area contributed by atoms with Crippen molar-refractivity contribution in [2.24, 2.45) is 0 Å². The maximum absolute atomic E-state index is 13.1. The first kappa shape index (κ1) is 23.2. The number of rotatable bonds is 8. The molecule has 1 aromatic heterocycles. The van der Waals surface area contributed by atoms with E-state index in [1.165, 1.54) is 22.9 Å². The van der Waals surface area contributed by atoms with E-state index in [1.54, 1.807) is 0 Å². The molecule has 2 heterocycles. The molecule has 1 amide bonds. The van der Waals surface area contributed by atoms with Crippen LogP contribution in [-0.2, 0) is 24.2 Å². The summed E-state index contributed by atoms with van der Waals surface area (Å²) in [6.45, 7) is 4.01. The smallest absolute Gasteiger partial charge is 0.233 e. The van der Waals surface area contributed by atoms with Crippen LogP contribution in [-0.4, -0.2) is 44.5 Å². The van der Waals surface area contributed by atoms with E-state index >= 15 is 0 Å². The summed E-state index contributed by atoms with van der Waals surface area (Å²) in [7, 11) is 0. The third-order valence-electron chi connectivity index (χ3n) is 6.12. The van der Waals surface area contributed by atoms with Gasteiger partial charge in [0.25, 0.3) is 0 Å². The molecule has 0 bridgehead atoms. The van der Waals surface area contributed by atoms with Crippen molar-refractivity contribution in [1.29, 1.82) is 0 Å². The average molecular weight is 485 g/mol. The highest BCUT2D eigenvalue weighted by Gasteiger charge is 2.22. The fourth-order valence-corrected chi connectivity index (χ4v) is 5.20. The van der Waals surface area contributed by atoms with Gasteiger partial charge in [-0.15, -0.1) is 10.2 Å². The van der Waals surface area contributed by atoms with Crippen LogP contribution in [0, 0.1) is 0 Å². The Morgan fingerprint density at radius 3 is 2.46 bits per heavy atom. The van der Waals surface area contributed by atoms with Gasteiger partial charge >= 0.3 is 0 Å².